The molecule has 2 rings (SSSR count). The van der Waals surface area contributed by atoms with Gasteiger partial charge in [-0.25, -0.2) is 4.79 Å². The van der Waals surface area contributed by atoms with Crippen molar-refractivity contribution in [2.24, 2.45) is 0 Å². The number of nitrogens with zero attached hydrogens (tertiary/aromatic N) is 1. The number of benzene rings is 1. The van der Waals surface area contributed by atoms with E-state index in [-0.39, 0.29) is 0 Å². The van der Waals surface area contributed by atoms with Crippen LogP contribution in [0.25, 0.3) is 0 Å². The topological polar surface area (TPSA) is 110 Å². The number of carbonyl (C=O) groups is 1. The number of hydrogen-bond acceptors (Lipinski definition) is 4. The van der Waals surface area contributed by atoms with Gasteiger partial charge in [-0.1, -0.05) is 6.07 Å². The number of H-pyrrole nitrogens is 1. The van der Waals surface area contributed by atoms with Gasteiger partial charge in [-0.3, -0.25) is 19.1 Å². The van der Waals surface area contributed by atoms with Gasteiger partial charge in [0.15, 0.2) is 0 Å². The van der Waals surface area contributed by atoms with Crippen LogP contribution in [-0.2, 0) is 11.3 Å². The van der Waals surface area contributed by atoms with Crippen LogP contribution in [0.4, 0.5) is 15.8 Å². The van der Waals surface area contributed by atoms with E-state index in [1.807, 2.05) is 0 Å². The molecule has 0 fully saturated rings. The van der Waals surface area contributed by atoms with Crippen molar-refractivity contribution in [2.75, 3.05) is 11.1 Å². The molecular formula is C13H13FN4O3. The van der Waals surface area contributed by atoms with E-state index in [1.54, 1.807) is 30.1 Å². The van der Waals surface area contributed by atoms with Crippen molar-refractivity contribution >= 4 is 17.3 Å². The Morgan fingerprint density at radius 2 is 2.14 bits per heavy atom. The Morgan fingerprint density at radius 1 is 1.43 bits per heavy atom. The second-order valence-corrected chi connectivity index (χ2v) is 4.43. The zero-order valence-corrected chi connectivity index (χ0v) is 11.1. The summed E-state index contributed by atoms with van der Waals surface area (Å²) in [5.41, 5.74) is 5.43. The Morgan fingerprint density at radius 3 is 2.86 bits per heavy atom. The third-order valence-electron chi connectivity index (χ3n) is 2.93. The zero-order chi connectivity index (χ0) is 15.6. The molecule has 0 bridgehead atoms. The molecular weight excluding hydrogens is 279 g/mol. The number of nitrogens with two attached hydrogens (primary N) is 1. The van der Waals surface area contributed by atoms with Gasteiger partial charge in [0.25, 0.3) is 5.56 Å². The summed E-state index contributed by atoms with van der Waals surface area (Å²) in [6.07, 6.45) is 0.687. The number of amides is 1. The highest BCUT2D eigenvalue weighted by atomic mass is 19.1. The fraction of sp³-hybridized carbons (Fsp3) is 0.154. The third kappa shape index (κ3) is 3.16. The van der Waals surface area contributed by atoms with E-state index in [0.29, 0.717) is 23.1 Å². The lowest BCUT2D eigenvalue weighted by Gasteiger charge is -2.10. The van der Waals surface area contributed by atoms with Crippen molar-refractivity contribution in [1.82, 2.24) is 9.55 Å². The standard InChI is InChI=1S/C13H13FN4O3/c1-7-9(15)3-2-4-10(7)16-11(19)6-18-5-8(14)12(20)17-13(18)21/h2-5H,6,15H2,1H3,(H,16,19)(H,17,20,21). The summed E-state index contributed by atoms with van der Waals surface area (Å²) >= 11 is 0. The first kappa shape index (κ1) is 14.5. The van der Waals surface area contributed by atoms with Crippen LogP contribution in [0, 0.1) is 12.7 Å². The maximum atomic E-state index is 13.1. The van der Waals surface area contributed by atoms with Crippen molar-refractivity contribution in [3.8, 4) is 0 Å². The molecule has 0 unspecified atom stereocenters. The molecule has 0 saturated heterocycles. The summed E-state index contributed by atoms with van der Waals surface area (Å²) in [5, 5.41) is 2.57. The summed E-state index contributed by atoms with van der Waals surface area (Å²) in [7, 11) is 0. The molecule has 0 aliphatic carbocycles. The van der Waals surface area contributed by atoms with Crippen LogP contribution in [0.1, 0.15) is 5.56 Å². The van der Waals surface area contributed by atoms with Crippen LogP contribution in [0.2, 0.25) is 0 Å². The molecule has 0 spiro atoms. The summed E-state index contributed by atoms with van der Waals surface area (Å²) in [4.78, 5) is 36.0. The van der Waals surface area contributed by atoms with Crippen molar-refractivity contribution in [3.05, 3.63) is 56.6 Å². The lowest BCUT2D eigenvalue weighted by atomic mass is 10.1. The largest absolute Gasteiger partial charge is 0.398 e. The van der Waals surface area contributed by atoms with Crippen molar-refractivity contribution in [3.63, 3.8) is 0 Å². The highest BCUT2D eigenvalue weighted by Gasteiger charge is 2.10. The number of aromatic nitrogens is 2. The van der Waals surface area contributed by atoms with Crippen molar-refractivity contribution in [1.29, 1.82) is 0 Å². The molecule has 110 valence electrons. The second-order valence-electron chi connectivity index (χ2n) is 4.43. The number of anilines is 2. The minimum Gasteiger partial charge on any atom is -0.398 e. The first-order chi connectivity index (χ1) is 9.88. The van der Waals surface area contributed by atoms with Gasteiger partial charge in [-0.2, -0.15) is 4.39 Å². The van der Waals surface area contributed by atoms with Crippen LogP contribution >= 0.6 is 0 Å². The van der Waals surface area contributed by atoms with E-state index in [9.17, 15) is 18.8 Å². The SMILES string of the molecule is Cc1c(N)cccc1NC(=O)Cn1cc(F)c(=O)[nH]c1=O. The van der Waals surface area contributed by atoms with E-state index in [2.05, 4.69) is 5.32 Å². The molecule has 0 aliphatic heterocycles. The van der Waals surface area contributed by atoms with E-state index >= 15 is 0 Å². The lowest BCUT2D eigenvalue weighted by Crippen LogP contribution is -2.34. The summed E-state index contributed by atoms with van der Waals surface area (Å²) in [6, 6.07) is 5.01. The molecule has 0 saturated carbocycles. The third-order valence-corrected chi connectivity index (χ3v) is 2.93. The van der Waals surface area contributed by atoms with Gasteiger partial charge in [0.1, 0.15) is 6.54 Å². The minimum atomic E-state index is -1.14. The van der Waals surface area contributed by atoms with E-state index in [4.69, 9.17) is 5.73 Å². The Labute approximate surface area is 118 Å². The molecule has 8 heteroatoms. The number of rotatable bonds is 3. The molecule has 4 N–H and O–H groups in total. The summed E-state index contributed by atoms with van der Waals surface area (Å²) < 4.78 is 13.9. The number of nitrogen functional groups attached to an aromatic ring is 1. The lowest BCUT2D eigenvalue weighted by molar-refractivity contribution is -0.116. The molecule has 1 amide bonds. The van der Waals surface area contributed by atoms with Gasteiger partial charge < -0.3 is 11.1 Å². The summed E-state index contributed by atoms with van der Waals surface area (Å²) in [6.45, 7) is 1.30. The van der Waals surface area contributed by atoms with Gasteiger partial charge in [-0.05, 0) is 24.6 Å². The first-order valence-electron chi connectivity index (χ1n) is 6.02. The Balaban J connectivity index is 2.19. The quantitative estimate of drug-likeness (QED) is 0.702. The molecule has 0 radical (unpaired) electrons. The summed E-state index contributed by atoms with van der Waals surface area (Å²) in [5.74, 6) is -1.68. The fourth-order valence-corrected chi connectivity index (χ4v) is 1.73. The number of carbonyl (C=O) groups excluding carboxylic acids is 1. The molecule has 7 nitrogen and oxygen atoms in total. The number of nitrogens with one attached hydrogen (secondary N) is 2. The second kappa shape index (κ2) is 5.61. The Kier molecular flexibility index (Phi) is 3.88. The van der Waals surface area contributed by atoms with Gasteiger partial charge in [-0.15, -0.1) is 0 Å². The smallest absolute Gasteiger partial charge is 0.328 e. The highest BCUT2D eigenvalue weighted by molar-refractivity contribution is 5.92. The molecule has 1 aromatic heterocycles. The van der Waals surface area contributed by atoms with Crippen molar-refractivity contribution in [2.45, 2.75) is 13.5 Å². The van der Waals surface area contributed by atoms with Crippen LogP contribution in [0.5, 0.6) is 0 Å². The van der Waals surface area contributed by atoms with E-state index in [1.165, 1.54) is 0 Å². The maximum Gasteiger partial charge on any atom is 0.328 e. The van der Waals surface area contributed by atoms with E-state index in [0.717, 1.165) is 4.57 Å². The monoisotopic (exact) mass is 292 g/mol. The van der Waals surface area contributed by atoms with Gasteiger partial charge in [0, 0.05) is 11.4 Å². The maximum absolute atomic E-state index is 13.1. The number of aromatic amines is 1. The predicted molar refractivity (Wildman–Crippen MR) is 75.5 cm³/mol. The Hall–Kier alpha value is -2.90. The molecule has 2 aromatic rings. The van der Waals surface area contributed by atoms with Gasteiger partial charge in [0.2, 0.25) is 11.7 Å². The van der Waals surface area contributed by atoms with E-state index < -0.39 is 29.5 Å². The molecule has 1 aromatic carbocycles. The van der Waals surface area contributed by atoms with Crippen LogP contribution in [0.3, 0.4) is 0 Å². The molecule has 0 aliphatic rings. The average Bonchev–Trinajstić information content (AvgIpc) is 2.41. The van der Waals surface area contributed by atoms with Crippen LogP contribution in [-0.4, -0.2) is 15.5 Å². The number of halogens is 1. The van der Waals surface area contributed by atoms with Crippen LogP contribution in [0.15, 0.2) is 34.0 Å². The molecule has 21 heavy (non-hydrogen) atoms. The average molecular weight is 292 g/mol. The van der Waals surface area contributed by atoms with Crippen LogP contribution < -0.4 is 22.3 Å². The predicted octanol–water partition coefficient (Wildman–Crippen LogP) is 0.205. The highest BCUT2D eigenvalue weighted by Crippen LogP contribution is 2.20. The normalized spacial score (nSPS) is 10.4. The number of hydrogen-bond donors (Lipinski definition) is 3. The zero-order valence-electron chi connectivity index (χ0n) is 11.1. The fourth-order valence-electron chi connectivity index (χ4n) is 1.73. The minimum absolute atomic E-state index is 0.430. The first-order valence-corrected chi connectivity index (χ1v) is 6.02. The Bertz CT molecular complexity index is 810. The van der Waals surface area contributed by atoms with Gasteiger partial charge in [0.05, 0.1) is 6.20 Å². The molecule has 0 atom stereocenters. The molecule has 1 heterocycles. The van der Waals surface area contributed by atoms with Gasteiger partial charge >= 0.3 is 5.69 Å². The van der Waals surface area contributed by atoms with Crippen molar-refractivity contribution < 1.29 is 9.18 Å².